The van der Waals surface area contributed by atoms with Crippen LogP contribution in [0.2, 0.25) is 5.02 Å². The van der Waals surface area contributed by atoms with Gasteiger partial charge in [0.1, 0.15) is 12.6 Å². The molecule has 0 aliphatic carbocycles. The summed E-state index contributed by atoms with van der Waals surface area (Å²) < 4.78 is 29.0. The molecule has 7 nitrogen and oxygen atoms in total. The first-order chi connectivity index (χ1) is 18.9. The molecule has 0 aliphatic rings. The molecule has 3 aromatic rings. The van der Waals surface area contributed by atoms with E-state index in [0.717, 1.165) is 15.4 Å². The number of amides is 2. The molecule has 9 heteroatoms. The van der Waals surface area contributed by atoms with Crippen LogP contribution in [0.3, 0.4) is 0 Å². The summed E-state index contributed by atoms with van der Waals surface area (Å²) in [5, 5.41) is 3.24. The highest BCUT2D eigenvalue weighted by atomic mass is 35.5. The van der Waals surface area contributed by atoms with Gasteiger partial charge in [0.05, 0.1) is 10.6 Å². The van der Waals surface area contributed by atoms with Crippen LogP contribution in [0.15, 0.2) is 77.7 Å². The van der Waals surface area contributed by atoms with Crippen molar-refractivity contribution >= 4 is 39.1 Å². The van der Waals surface area contributed by atoms with E-state index in [2.05, 4.69) is 5.32 Å². The molecule has 0 radical (unpaired) electrons. The highest BCUT2D eigenvalue weighted by Gasteiger charge is 2.33. The number of rotatable bonds is 12. The zero-order valence-electron chi connectivity index (χ0n) is 23.7. The van der Waals surface area contributed by atoms with Crippen LogP contribution >= 0.6 is 11.6 Å². The molecular formula is C31H38ClN3O4S. The smallest absolute Gasteiger partial charge is 0.264 e. The van der Waals surface area contributed by atoms with Gasteiger partial charge in [0.2, 0.25) is 11.8 Å². The van der Waals surface area contributed by atoms with Crippen molar-refractivity contribution in [3.63, 3.8) is 0 Å². The summed E-state index contributed by atoms with van der Waals surface area (Å²) in [6.45, 7) is 9.51. The summed E-state index contributed by atoms with van der Waals surface area (Å²) in [5.74, 6) is -0.536. The fraction of sp³-hybridized carbons (Fsp3) is 0.355. The van der Waals surface area contributed by atoms with E-state index in [1.165, 1.54) is 17.0 Å². The fourth-order valence-electron chi connectivity index (χ4n) is 4.22. The largest absolute Gasteiger partial charge is 0.354 e. The molecule has 3 aromatic carbocycles. The lowest BCUT2D eigenvalue weighted by Gasteiger charge is -2.32. The Morgan fingerprint density at radius 3 is 2.20 bits per heavy atom. The van der Waals surface area contributed by atoms with Gasteiger partial charge in [-0.05, 0) is 68.5 Å². The summed E-state index contributed by atoms with van der Waals surface area (Å²) in [5.41, 5.74) is 2.87. The van der Waals surface area contributed by atoms with Crippen LogP contribution in [0.5, 0.6) is 0 Å². The van der Waals surface area contributed by atoms with E-state index in [9.17, 15) is 18.0 Å². The van der Waals surface area contributed by atoms with E-state index in [1.54, 1.807) is 44.2 Å². The molecule has 0 aliphatic heterocycles. The van der Waals surface area contributed by atoms with Crippen molar-refractivity contribution < 1.29 is 18.0 Å². The summed E-state index contributed by atoms with van der Waals surface area (Å²) in [6, 6.07) is 20.3. The molecule has 0 bridgehead atoms. The van der Waals surface area contributed by atoms with E-state index in [-0.39, 0.29) is 23.3 Å². The second-order valence-corrected chi connectivity index (χ2v) is 12.7. The number of halogens is 1. The number of hydrogen-bond donors (Lipinski definition) is 1. The van der Waals surface area contributed by atoms with Crippen LogP contribution in [0.25, 0.3) is 0 Å². The molecule has 0 spiro atoms. The van der Waals surface area contributed by atoms with Gasteiger partial charge in [-0.25, -0.2) is 8.42 Å². The van der Waals surface area contributed by atoms with Gasteiger partial charge in [0.25, 0.3) is 10.0 Å². The Morgan fingerprint density at radius 2 is 1.57 bits per heavy atom. The van der Waals surface area contributed by atoms with E-state index in [1.807, 2.05) is 51.1 Å². The van der Waals surface area contributed by atoms with E-state index in [0.29, 0.717) is 29.2 Å². The number of nitrogens with one attached hydrogen (secondary N) is 1. The van der Waals surface area contributed by atoms with Gasteiger partial charge in [-0.2, -0.15) is 0 Å². The predicted octanol–water partition coefficient (Wildman–Crippen LogP) is 5.38. The lowest BCUT2D eigenvalue weighted by atomic mass is 10.1. The standard InChI is InChI=1S/C31H38ClN3O4S/c1-22(2)20-33-31(37)25(5)34(18-17-26-9-7-6-8-10-26)30(36)21-35(29-19-27(32)14-13-24(29)4)40(38,39)28-15-11-23(3)12-16-28/h6-16,19,22,25H,17-18,20-21H2,1-5H3,(H,33,37). The summed E-state index contributed by atoms with van der Waals surface area (Å²) in [6.07, 6.45) is 0.509. The van der Waals surface area contributed by atoms with Crippen molar-refractivity contribution in [3.8, 4) is 0 Å². The topological polar surface area (TPSA) is 86.8 Å². The lowest BCUT2D eigenvalue weighted by Crippen LogP contribution is -2.52. The van der Waals surface area contributed by atoms with Gasteiger partial charge in [-0.15, -0.1) is 0 Å². The zero-order valence-corrected chi connectivity index (χ0v) is 25.3. The van der Waals surface area contributed by atoms with Gasteiger partial charge >= 0.3 is 0 Å². The molecule has 3 rings (SSSR count). The third-order valence-corrected chi connectivity index (χ3v) is 8.67. The number of benzene rings is 3. The maximum atomic E-state index is 14.0. The van der Waals surface area contributed by atoms with E-state index < -0.39 is 28.5 Å². The Bertz CT molecular complexity index is 1410. The number of carbonyl (C=O) groups excluding carboxylic acids is 2. The summed E-state index contributed by atoms with van der Waals surface area (Å²) in [4.78, 5) is 28.5. The second-order valence-electron chi connectivity index (χ2n) is 10.4. The second kappa shape index (κ2) is 13.8. The summed E-state index contributed by atoms with van der Waals surface area (Å²) in [7, 11) is -4.15. The quantitative estimate of drug-likeness (QED) is 0.310. The highest BCUT2D eigenvalue weighted by molar-refractivity contribution is 7.92. The van der Waals surface area contributed by atoms with Crippen LogP contribution in [-0.2, 0) is 26.0 Å². The van der Waals surface area contributed by atoms with Crippen molar-refractivity contribution in [1.29, 1.82) is 0 Å². The average Bonchev–Trinajstić information content (AvgIpc) is 2.92. The van der Waals surface area contributed by atoms with Crippen molar-refractivity contribution in [2.75, 3.05) is 23.9 Å². The van der Waals surface area contributed by atoms with Gasteiger partial charge < -0.3 is 10.2 Å². The highest BCUT2D eigenvalue weighted by Crippen LogP contribution is 2.30. The van der Waals surface area contributed by atoms with Crippen LogP contribution in [0.4, 0.5) is 5.69 Å². The first kappa shape index (κ1) is 31.2. The molecule has 0 saturated heterocycles. The number of anilines is 1. The number of hydrogen-bond acceptors (Lipinski definition) is 4. The normalized spacial score (nSPS) is 12.2. The molecule has 0 saturated carbocycles. The fourth-order valence-corrected chi connectivity index (χ4v) is 5.86. The number of sulfonamides is 1. The Balaban J connectivity index is 2.00. The Morgan fingerprint density at radius 1 is 0.925 bits per heavy atom. The number of nitrogens with zero attached hydrogens (tertiary/aromatic N) is 2. The molecule has 214 valence electrons. The van der Waals surface area contributed by atoms with Crippen molar-refractivity contribution in [2.24, 2.45) is 5.92 Å². The minimum atomic E-state index is -4.15. The van der Waals surface area contributed by atoms with Crippen LogP contribution in [0, 0.1) is 19.8 Å². The van der Waals surface area contributed by atoms with Crippen molar-refractivity contribution in [3.05, 3.63) is 94.5 Å². The van der Waals surface area contributed by atoms with Crippen LogP contribution in [0.1, 0.15) is 37.5 Å². The van der Waals surface area contributed by atoms with Gasteiger partial charge in [-0.3, -0.25) is 13.9 Å². The Labute approximate surface area is 243 Å². The third-order valence-electron chi connectivity index (χ3n) is 6.66. The van der Waals surface area contributed by atoms with Crippen molar-refractivity contribution in [2.45, 2.75) is 52.0 Å². The van der Waals surface area contributed by atoms with Gasteiger partial charge in [0, 0.05) is 18.1 Å². The maximum Gasteiger partial charge on any atom is 0.264 e. The summed E-state index contributed by atoms with van der Waals surface area (Å²) >= 11 is 6.28. The molecular weight excluding hydrogens is 546 g/mol. The minimum Gasteiger partial charge on any atom is -0.354 e. The SMILES string of the molecule is Cc1ccc(S(=O)(=O)N(CC(=O)N(CCc2ccccc2)C(C)C(=O)NCC(C)C)c2cc(Cl)ccc2C)cc1. The third kappa shape index (κ3) is 8.08. The molecule has 1 atom stereocenters. The monoisotopic (exact) mass is 583 g/mol. The Hall–Kier alpha value is -3.36. The molecule has 2 amide bonds. The van der Waals surface area contributed by atoms with Crippen LogP contribution in [-0.4, -0.2) is 50.8 Å². The molecule has 0 fully saturated rings. The van der Waals surface area contributed by atoms with E-state index >= 15 is 0 Å². The molecule has 1 unspecified atom stereocenters. The lowest BCUT2D eigenvalue weighted by molar-refractivity contribution is -0.138. The Kier molecular flexibility index (Phi) is 10.8. The van der Waals surface area contributed by atoms with Gasteiger partial charge in [-0.1, -0.05) is 79.5 Å². The molecule has 0 heterocycles. The predicted molar refractivity (Wildman–Crippen MR) is 161 cm³/mol. The first-order valence-electron chi connectivity index (χ1n) is 13.4. The van der Waals surface area contributed by atoms with Crippen LogP contribution < -0.4 is 9.62 Å². The van der Waals surface area contributed by atoms with Gasteiger partial charge in [0.15, 0.2) is 0 Å². The number of aryl methyl sites for hydroxylation is 2. The van der Waals surface area contributed by atoms with Crippen molar-refractivity contribution in [1.82, 2.24) is 10.2 Å². The molecule has 0 aromatic heterocycles. The first-order valence-corrected chi connectivity index (χ1v) is 15.2. The average molecular weight is 584 g/mol. The zero-order chi connectivity index (χ0) is 29.4. The maximum absolute atomic E-state index is 14.0. The molecule has 40 heavy (non-hydrogen) atoms. The number of carbonyl (C=O) groups is 2. The minimum absolute atomic E-state index is 0.0591. The molecule has 1 N–H and O–H groups in total. The van der Waals surface area contributed by atoms with E-state index in [4.69, 9.17) is 11.6 Å².